The minimum Gasteiger partial charge on any atom is -0.323 e. The Morgan fingerprint density at radius 3 is 2.16 bits per heavy atom. The van der Waals surface area contributed by atoms with Crippen LogP contribution >= 0.6 is 34.8 Å². The van der Waals surface area contributed by atoms with Gasteiger partial charge in [-0.2, -0.15) is 0 Å². The van der Waals surface area contributed by atoms with E-state index in [1.165, 1.54) is 25.1 Å². The second kappa shape index (κ2) is 7.83. The van der Waals surface area contributed by atoms with E-state index >= 15 is 0 Å². The fourth-order valence-electron chi connectivity index (χ4n) is 2.28. The molecule has 1 N–H and O–H groups in total. The number of rotatable bonds is 5. The molecule has 1 amide bonds. The minimum absolute atomic E-state index is 0.196. The number of amides is 1. The maximum Gasteiger partial charge on any atom is 0.248 e. The average molecular weight is 422 g/mol. The molecule has 0 heterocycles. The Bertz CT molecular complexity index is 883. The van der Waals surface area contributed by atoms with Crippen molar-refractivity contribution in [2.75, 3.05) is 15.9 Å². The Balaban J connectivity index is 2.38. The van der Waals surface area contributed by atoms with Gasteiger partial charge in [0.15, 0.2) is 0 Å². The van der Waals surface area contributed by atoms with E-state index in [4.69, 9.17) is 34.8 Å². The molecule has 0 aliphatic rings. The van der Waals surface area contributed by atoms with Gasteiger partial charge in [-0.25, -0.2) is 8.42 Å². The van der Waals surface area contributed by atoms with E-state index in [2.05, 4.69) is 5.32 Å². The number of carbonyl (C=O) groups excluding carboxylic acids is 1. The molecule has 0 radical (unpaired) electrons. The summed E-state index contributed by atoms with van der Waals surface area (Å²) in [5.41, 5.74) is 0.584. The zero-order valence-electron chi connectivity index (χ0n) is 13.3. The summed E-state index contributed by atoms with van der Waals surface area (Å²) in [5.74, 6) is -0.547. The standard InChI is InChI=1S/C16H15Cl3N2O3S/c1-10(16(22)20-15-6-4-3-5-14(15)19)21(25(2,23)24)13-8-11(17)7-12(18)9-13/h3-10H,1-2H3,(H,20,22). The van der Waals surface area contributed by atoms with Gasteiger partial charge in [0.2, 0.25) is 15.9 Å². The first-order chi connectivity index (χ1) is 11.6. The fourth-order valence-corrected chi connectivity index (χ4v) is 4.13. The van der Waals surface area contributed by atoms with Crippen LogP contribution in [-0.2, 0) is 14.8 Å². The van der Waals surface area contributed by atoms with Crippen molar-refractivity contribution in [1.82, 2.24) is 0 Å². The summed E-state index contributed by atoms with van der Waals surface area (Å²) in [4.78, 5) is 12.6. The van der Waals surface area contributed by atoms with Crippen LogP contribution < -0.4 is 9.62 Å². The number of para-hydroxylation sites is 1. The van der Waals surface area contributed by atoms with Crippen molar-refractivity contribution in [3.63, 3.8) is 0 Å². The molecule has 0 bridgehead atoms. The molecule has 0 fully saturated rings. The Hall–Kier alpha value is -1.47. The lowest BCUT2D eigenvalue weighted by Crippen LogP contribution is -2.45. The van der Waals surface area contributed by atoms with Gasteiger partial charge in [0.25, 0.3) is 0 Å². The van der Waals surface area contributed by atoms with E-state index < -0.39 is 22.0 Å². The van der Waals surface area contributed by atoms with Gasteiger partial charge >= 0.3 is 0 Å². The third kappa shape index (κ3) is 5.01. The summed E-state index contributed by atoms with van der Waals surface area (Å²) in [5, 5.41) is 3.48. The Kier molecular flexibility index (Phi) is 6.21. The molecule has 25 heavy (non-hydrogen) atoms. The molecule has 0 aliphatic carbocycles. The van der Waals surface area contributed by atoms with Gasteiger partial charge in [-0.15, -0.1) is 0 Å². The van der Waals surface area contributed by atoms with Crippen LogP contribution in [0.3, 0.4) is 0 Å². The van der Waals surface area contributed by atoms with Crippen molar-refractivity contribution in [1.29, 1.82) is 0 Å². The molecule has 134 valence electrons. The van der Waals surface area contributed by atoms with Crippen LogP contribution in [0, 0.1) is 0 Å². The fraction of sp³-hybridized carbons (Fsp3) is 0.188. The zero-order valence-corrected chi connectivity index (χ0v) is 16.4. The lowest BCUT2D eigenvalue weighted by atomic mass is 10.2. The van der Waals surface area contributed by atoms with Gasteiger partial charge < -0.3 is 5.32 Å². The highest BCUT2D eigenvalue weighted by atomic mass is 35.5. The van der Waals surface area contributed by atoms with Crippen LogP contribution in [0.2, 0.25) is 15.1 Å². The van der Waals surface area contributed by atoms with Gasteiger partial charge in [-0.05, 0) is 37.3 Å². The van der Waals surface area contributed by atoms with E-state index in [-0.39, 0.29) is 15.7 Å². The first-order valence-electron chi connectivity index (χ1n) is 7.10. The smallest absolute Gasteiger partial charge is 0.248 e. The molecule has 0 aliphatic heterocycles. The minimum atomic E-state index is -3.78. The molecule has 1 atom stereocenters. The second-order valence-electron chi connectivity index (χ2n) is 5.33. The Morgan fingerprint density at radius 2 is 1.64 bits per heavy atom. The van der Waals surface area contributed by atoms with E-state index in [9.17, 15) is 13.2 Å². The van der Waals surface area contributed by atoms with Gasteiger partial charge in [-0.1, -0.05) is 46.9 Å². The number of benzene rings is 2. The number of halogens is 3. The molecule has 2 aromatic carbocycles. The third-order valence-corrected chi connectivity index (χ3v) is 5.33. The molecule has 5 nitrogen and oxygen atoms in total. The van der Waals surface area contributed by atoms with Gasteiger partial charge in [0.05, 0.1) is 22.7 Å². The van der Waals surface area contributed by atoms with Crippen molar-refractivity contribution in [3.05, 3.63) is 57.5 Å². The molecule has 0 spiro atoms. The zero-order chi connectivity index (χ0) is 18.8. The summed E-state index contributed by atoms with van der Waals surface area (Å²) in [6.45, 7) is 1.46. The topological polar surface area (TPSA) is 66.5 Å². The van der Waals surface area contributed by atoms with Crippen molar-refractivity contribution in [3.8, 4) is 0 Å². The molecule has 2 rings (SSSR count). The van der Waals surface area contributed by atoms with E-state index in [0.29, 0.717) is 10.7 Å². The highest BCUT2D eigenvalue weighted by Gasteiger charge is 2.30. The van der Waals surface area contributed by atoms with E-state index in [1.807, 2.05) is 0 Å². The summed E-state index contributed by atoms with van der Waals surface area (Å²) in [6.07, 6.45) is 1.00. The quantitative estimate of drug-likeness (QED) is 0.776. The van der Waals surface area contributed by atoms with Gasteiger partial charge in [0.1, 0.15) is 6.04 Å². The van der Waals surface area contributed by atoms with E-state index in [0.717, 1.165) is 10.6 Å². The predicted molar refractivity (Wildman–Crippen MR) is 103 cm³/mol. The number of nitrogens with zero attached hydrogens (tertiary/aromatic N) is 1. The lowest BCUT2D eigenvalue weighted by Gasteiger charge is -2.28. The van der Waals surface area contributed by atoms with Crippen molar-refractivity contribution in [2.24, 2.45) is 0 Å². The van der Waals surface area contributed by atoms with Crippen LogP contribution in [0.25, 0.3) is 0 Å². The highest BCUT2D eigenvalue weighted by Crippen LogP contribution is 2.29. The Labute approximate surface area is 161 Å². The lowest BCUT2D eigenvalue weighted by molar-refractivity contribution is -0.116. The van der Waals surface area contributed by atoms with Crippen molar-refractivity contribution < 1.29 is 13.2 Å². The number of hydrogen-bond donors (Lipinski definition) is 1. The molecular weight excluding hydrogens is 407 g/mol. The number of hydrogen-bond acceptors (Lipinski definition) is 3. The average Bonchev–Trinajstić information content (AvgIpc) is 2.47. The maximum absolute atomic E-state index is 12.6. The van der Waals surface area contributed by atoms with Crippen molar-refractivity contribution in [2.45, 2.75) is 13.0 Å². The molecular formula is C16H15Cl3N2O3S. The van der Waals surface area contributed by atoms with Crippen LogP contribution in [-0.4, -0.2) is 26.6 Å². The largest absolute Gasteiger partial charge is 0.323 e. The van der Waals surface area contributed by atoms with Gasteiger partial charge in [-0.3, -0.25) is 9.10 Å². The summed E-state index contributed by atoms with van der Waals surface area (Å²) in [7, 11) is -3.78. The summed E-state index contributed by atoms with van der Waals surface area (Å²) in [6, 6.07) is 9.93. The summed E-state index contributed by atoms with van der Waals surface area (Å²) < 4.78 is 25.5. The molecule has 0 aromatic heterocycles. The number of anilines is 2. The second-order valence-corrected chi connectivity index (χ2v) is 8.47. The normalized spacial score (nSPS) is 12.5. The first-order valence-corrected chi connectivity index (χ1v) is 10.1. The number of sulfonamides is 1. The monoisotopic (exact) mass is 420 g/mol. The molecule has 1 unspecified atom stereocenters. The molecule has 0 saturated carbocycles. The number of carbonyl (C=O) groups is 1. The maximum atomic E-state index is 12.6. The van der Waals surface area contributed by atoms with E-state index in [1.54, 1.807) is 24.3 Å². The highest BCUT2D eigenvalue weighted by molar-refractivity contribution is 7.92. The number of nitrogens with one attached hydrogen (secondary N) is 1. The SMILES string of the molecule is CC(C(=O)Nc1ccccc1Cl)N(c1cc(Cl)cc(Cl)c1)S(C)(=O)=O. The first kappa shape index (κ1) is 19.8. The third-order valence-electron chi connectivity index (χ3n) is 3.32. The predicted octanol–water partition coefficient (Wildman–Crippen LogP) is 4.44. The van der Waals surface area contributed by atoms with Crippen LogP contribution in [0.1, 0.15) is 6.92 Å². The van der Waals surface area contributed by atoms with Crippen LogP contribution in [0.15, 0.2) is 42.5 Å². The van der Waals surface area contributed by atoms with Crippen molar-refractivity contribution >= 4 is 62.1 Å². The summed E-state index contributed by atoms with van der Waals surface area (Å²) >= 11 is 17.9. The molecule has 9 heteroatoms. The van der Waals surface area contributed by atoms with Crippen LogP contribution in [0.5, 0.6) is 0 Å². The Morgan fingerprint density at radius 1 is 1.08 bits per heavy atom. The molecule has 0 saturated heterocycles. The molecule has 2 aromatic rings. The van der Waals surface area contributed by atoms with Crippen LogP contribution in [0.4, 0.5) is 11.4 Å². The van der Waals surface area contributed by atoms with Gasteiger partial charge in [0, 0.05) is 10.0 Å².